The van der Waals surface area contributed by atoms with Gasteiger partial charge in [-0.3, -0.25) is 4.79 Å². The molecule has 5 nitrogen and oxygen atoms in total. The van der Waals surface area contributed by atoms with Crippen LogP contribution in [0.4, 0.5) is 4.39 Å². The van der Waals surface area contributed by atoms with Crippen molar-refractivity contribution in [3.63, 3.8) is 0 Å². The lowest BCUT2D eigenvalue weighted by molar-refractivity contribution is -0.139. The molecule has 0 aliphatic rings. The van der Waals surface area contributed by atoms with Crippen molar-refractivity contribution < 1.29 is 19.1 Å². The molecule has 1 rings (SSSR count). The number of pyridine rings is 1. The van der Waals surface area contributed by atoms with Gasteiger partial charge in [-0.2, -0.15) is 4.39 Å². The van der Waals surface area contributed by atoms with E-state index in [0.29, 0.717) is 6.42 Å². The second-order valence-electron chi connectivity index (χ2n) is 4.36. The lowest BCUT2D eigenvalue weighted by atomic mass is 10.0. The molecular weight excluding hydrogens is 239 g/mol. The van der Waals surface area contributed by atoms with Crippen molar-refractivity contribution in [2.45, 2.75) is 26.3 Å². The lowest BCUT2D eigenvalue weighted by Gasteiger charge is -2.16. The normalized spacial score (nSPS) is 12.2. The maximum atomic E-state index is 12.6. The average molecular weight is 254 g/mol. The predicted octanol–water partition coefficient (Wildman–Crippen LogP) is 1.45. The van der Waals surface area contributed by atoms with Gasteiger partial charge < -0.3 is 10.4 Å². The Morgan fingerprint density at radius 3 is 2.56 bits per heavy atom. The van der Waals surface area contributed by atoms with Crippen LogP contribution < -0.4 is 5.32 Å². The molecule has 0 aliphatic heterocycles. The number of aliphatic carboxylic acids is 1. The number of carboxylic acids is 1. The molecule has 0 aliphatic carbocycles. The fourth-order valence-electron chi connectivity index (χ4n) is 1.44. The summed E-state index contributed by atoms with van der Waals surface area (Å²) < 4.78 is 12.6. The van der Waals surface area contributed by atoms with E-state index in [-0.39, 0.29) is 11.5 Å². The number of hydrogen-bond acceptors (Lipinski definition) is 3. The van der Waals surface area contributed by atoms with Gasteiger partial charge in [-0.05, 0) is 24.5 Å². The minimum atomic E-state index is -1.09. The number of nitrogens with one attached hydrogen (secondary N) is 1. The number of carboxylic acid groups (broad SMARTS) is 1. The molecule has 18 heavy (non-hydrogen) atoms. The van der Waals surface area contributed by atoms with Crippen molar-refractivity contribution in [1.82, 2.24) is 10.3 Å². The van der Waals surface area contributed by atoms with Gasteiger partial charge in [0.2, 0.25) is 5.95 Å². The fraction of sp³-hybridized carbons (Fsp3) is 0.417. The van der Waals surface area contributed by atoms with Crippen LogP contribution >= 0.6 is 0 Å². The van der Waals surface area contributed by atoms with E-state index >= 15 is 0 Å². The molecule has 1 heterocycles. The number of hydrogen-bond donors (Lipinski definition) is 2. The van der Waals surface area contributed by atoms with E-state index in [2.05, 4.69) is 10.3 Å². The van der Waals surface area contributed by atoms with Crippen LogP contribution in [0.15, 0.2) is 18.3 Å². The second-order valence-corrected chi connectivity index (χ2v) is 4.36. The van der Waals surface area contributed by atoms with Gasteiger partial charge in [0.25, 0.3) is 5.91 Å². The van der Waals surface area contributed by atoms with Crippen LogP contribution in [-0.2, 0) is 4.79 Å². The number of carbonyl (C=O) groups excluding carboxylic acids is 1. The van der Waals surface area contributed by atoms with Crippen LogP contribution in [0, 0.1) is 11.9 Å². The zero-order valence-corrected chi connectivity index (χ0v) is 10.2. The van der Waals surface area contributed by atoms with Crippen LogP contribution in [-0.4, -0.2) is 28.0 Å². The van der Waals surface area contributed by atoms with E-state index in [1.54, 1.807) is 0 Å². The highest BCUT2D eigenvalue weighted by Crippen LogP contribution is 2.06. The molecule has 1 atom stereocenters. The quantitative estimate of drug-likeness (QED) is 0.779. The average Bonchev–Trinajstić information content (AvgIpc) is 2.28. The third-order valence-electron chi connectivity index (χ3n) is 2.30. The molecule has 0 aromatic carbocycles. The Kier molecular flexibility index (Phi) is 4.76. The Morgan fingerprint density at radius 2 is 2.11 bits per heavy atom. The highest BCUT2D eigenvalue weighted by Gasteiger charge is 2.21. The first kappa shape index (κ1) is 14.1. The molecule has 0 bridgehead atoms. The smallest absolute Gasteiger partial charge is 0.326 e. The van der Waals surface area contributed by atoms with Crippen LogP contribution in [0.1, 0.15) is 30.6 Å². The summed E-state index contributed by atoms with van der Waals surface area (Å²) in [5.74, 6) is -2.22. The second kappa shape index (κ2) is 6.09. The maximum Gasteiger partial charge on any atom is 0.326 e. The first-order valence-corrected chi connectivity index (χ1v) is 5.55. The van der Waals surface area contributed by atoms with Gasteiger partial charge in [-0.25, -0.2) is 9.78 Å². The number of carbonyl (C=O) groups is 2. The minimum Gasteiger partial charge on any atom is -0.480 e. The predicted molar refractivity (Wildman–Crippen MR) is 62.5 cm³/mol. The van der Waals surface area contributed by atoms with Gasteiger partial charge in [-0.1, -0.05) is 13.8 Å². The van der Waals surface area contributed by atoms with E-state index in [1.807, 2.05) is 13.8 Å². The number of aromatic nitrogens is 1. The molecule has 6 heteroatoms. The third-order valence-corrected chi connectivity index (χ3v) is 2.30. The van der Waals surface area contributed by atoms with Crippen LogP contribution in [0.2, 0.25) is 0 Å². The molecule has 1 amide bonds. The summed E-state index contributed by atoms with van der Waals surface area (Å²) in [6.07, 6.45) is 1.40. The van der Waals surface area contributed by atoms with E-state index in [9.17, 15) is 14.0 Å². The summed E-state index contributed by atoms with van der Waals surface area (Å²) in [4.78, 5) is 26.0. The van der Waals surface area contributed by atoms with Crippen molar-refractivity contribution in [2.75, 3.05) is 0 Å². The molecular formula is C12H15FN2O3. The fourth-order valence-corrected chi connectivity index (χ4v) is 1.44. The van der Waals surface area contributed by atoms with Crippen molar-refractivity contribution in [2.24, 2.45) is 5.92 Å². The molecule has 0 spiro atoms. The van der Waals surface area contributed by atoms with E-state index < -0.39 is 23.9 Å². The van der Waals surface area contributed by atoms with Crippen molar-refractivity contribution in [3.8, 4) is 0 Å². The summed E-state index contributed by atoms with van der Waals surface area (Å²) in [7, 11) is 0. The standard InChI is InChI=1S/C12H15FN2O3/c1-7(2)5-9(12(17)18)15-11(16)8-3-4-10(13)14-6-8/h3-4,6-7,9H,5H2,1-2H3,(H,15,16)(H,17,18). The summed E-state index contributed by atoms with van der Waals surface area (Å²) in [6.45, 7) is 3.73. The zero-order valence-electron chi connectivity index (χ0n) is 10.2. The number of nitrogens with zero attached hydrogens (tertiary/aromatic N) is 1. The molecule has 1 aromatic heterocycles. The van der Waals surface area contributed by atoms with Gasteiger partial charge in [-0.15, -0.1) is 0 Å². The van der Waals surface area contributed by atoms with Crippen molar-refractivity contribution in [1.29, 1.82) is 0 Å². The molecule has 0 fully saturated rings. The Bertz CT molecular complexity index is 431. The summed E-state index contributed by atoms with van der Waals surface area (Å²) in [5, 5.41) is 11.4. The van der Waals surface area contributed by atoms with Gasteiger partial charge in [0.15, 0.2) is 0 Å². The highest BCUT2D eigenvalue weighted by atomic mass is 19.1. The number of rotatable bonds is 5. The van der Waals surface area contributed by atoms with E-state index in [4.69, 9.17) is 5.11 Å². The third kappa shape index (κ3) is 4.12. The zero-order chi connectivity index (χ0) is 13.7. The lowest BCUT2D eigenvalue weighted by Crippen LogP contribution is -2.41. The molecule has 2 N–H and O–H groups in total. The minimum absolute atomic E-state index is 0.131. The number of amides is 1. The van der Waals surface area contributed by atoms with Gasteiger partial charge in [0.05, 0.1) is 5.56 Å². The molecule has 0 saturated carbocycles. The molecule has 1 unspecified atom stereocenters. The first-order valence-electron chi connectivity index (χ1n) is 5.55. The van der Waals surface area contributed by atoms with Crippen molar-refractivity contribution >= 4 is 11.9 Å². The van der Waals surface area contributed by atoms with E-state index in [0.717, 1.165) is 12.3 Å². The Labute approximate surface area is 104 Å². The van der Waals surface area contributed by atoms with Gasteiger partial charge in [0, 0.05) is 6.20 Å². The van der Waals surface area contributed by atoms with Gasteiger partial charge in [0.1, 0.15) is 6.04 Å². The van der Waals surface area contributed by atoms with E-state index in [1.165, 1.54) is 6.07 Å². The first-order chi connectivity index (χ1) is 8.40. The van der Waals surface area contributed by atoms with Crippen LogP contribution in [0.3, 0.4) is 0 Å². The molecule has 0 saturated heterocycles. The number of halogens is 1. The maximum absolute atomic E-state index is 12.6. The van der Waals surface area contributed by atoms with Crippen LogP contribution in [0.5, 0.6) is 0 Å². The molecule has 1 aromatic rings. The van der Waals surface area contributed by atoms with Crippen LogP contribution in [0.25, 0.3) is 0 Å². The summed E-state index contributed by atoms with van der Waals surface area (Å²) in [5.41, 5.74) is 0.131. The monoisotopic (exact) mass is 254 g/mol. The Balaban J connectivity index is 2.72. The molecule has 98 valence electrons. The molecule has 0 radical (unpaired) electrons. The highest BCUT2D eigenvalue weighted by molar-refractivity contribution is 5.96. The van der Waals surface area contributed by atoms with Crippen molar-refractivity contribution in [3.05, 3.63) is 29.8 Å². The van der Waals surface area contributed by atoms with Gasteiger partial charge >= 0.3 is 5.97 Å². The Hall–Kier alpha value is -1.98. The summed E-state index contributed by atoms with van der Waals surface area (Å²) in [6, 6.07) is 1.35. The summed E-state index contributed by atoms with van der Waals surface area (Å²) >= 11 is 0. The SMILES string of the molecule is CC(C)CC(NC(=O)c1ccc(F)nc1)C(=O)O. The Morgan fingerprint density at radius 1 is 1.44 bits per heavy atom. The topological polar surface area (TPSA) is 79.3 Å². The largest absolute Gasteiger partial charge is 0.480 e.